The highest BCUT2D eigenvalue weighted by Crippen LogP contribution is 2.27. The first-order valence-corrected chi connectivity index (χ1v) is 9.44. The van der Waals surface area contributed by atoms with Crippen LogP contribution in [0.25, 0.3) is 0 Å². The molecule has 2 heterocycles. The molecule has 7 nitrogen and oxygen atoms in total. The Bertz CT molecular complexity index is 975. The van der Waals surface area contributed by atoms with Crippen LogP contribution in [0.3, 0.4) is 0 Å². The van der Waals surface area contributed by atoms with Gasteiger partial charge in [0.05, 0.1) is 5.69 Å². The van der Waals surface area contributed by atoms with Crippen LogP contribution in [0.5, 0.6) is 0 Å². The summed E-state index contributed by atoms with van der Waals surface area (Å²) in [6.07, 6.45) is 0.125. The number of hydrogen-bond acceptors (Lipinski definition) is 5. The number of halogens is 1. The van der Waals surface area contributed by atoms with E-state index in [1.54, 1.807) is 4.90 Å². The Kier molecular flexibility index (Phi) is 4.92. The molecule has 0 fully saturated rings. The molecule has 0 saturated carbocycles. The second kappa shape index (κ2) is 7.54. The van der Waals surface area contributed by atoms with Crippen molar-refractivity contribution in [2.45, 2.75) is 19.0 Å². The SMILES string of the molecule is CN1CCN(C(=O)C2=NN(c3ccc(F)cc3)C(C(N)=O)C2)Cc2ccccc21. The molecule has 8 heteroatoms. The first-order valence-electron chi connectivity index (χ1n) is 9.44. The van der Waals surface area contributed by atoms with Crippen LogP contribution in [-0.4, -0.2) is 48.6 Å². The van der Waals surface area contributed by atoms with Gasteiger partial charge in [-0.1, -0.05) is 18.2 Å². The third kappa shape index (κ3) is 3.65. The molecule has 2 aliphatic rings. The third-order valence-electron chi connectivity index (χ3n) is 5.33. The fourth-order valence-corrected chi connectivity index (χ4v) is 3.74. The van der Waals surface area contributed by atoms with Crippen LogP contribution >= 0.6 is 0 Å². The van der Waals surface area contributed by atoms with E-state index in [1.807, 2.05) is 31.3 Å². The van der Waals surface area contributed by atoms with E-state index in [9.17, 15) is 14.0 Å². The van der Waals surface area contributed by atoms with E-state index < -0.39 is 17.8 Å². The number of carbonyl (C=O) groups excluding carboxylic acids is 2. The predicted molar refractivity (Wildman–Crippen MR) is 109 cm³/mol. The number of primary amides is 1. The number of nitrogens with two attached hydrogens (primary N) is 1. The maximum Gasteiger partial charge on any atom is 0.270 e. The zero-order valence-electron chi connectivity index (χ0n) is 16.1. The van der Waals surface area contributed by atoms with Crippen LogP contribution in [0.2, 0.25) is 0 Å². The van der Waals surface area contributed by atoms with Crippen molar-refractivity contribution in [3.63, 3.8) is 0 Å². The average molecular weight is 395 g/mol. The second-order valence-electron chi connectivity index (χ2n) is 7.27. The number of carbonyl (C=O) groups is 2. The lowest BCUT2D eigenvalue weighted by Crippen LogP contribution is -2.41. The van der Waals surface area contributed by atoms with Crippen LogP contribution in [0.4, 0.5) is 15.8 Å². The van der Waals surface area contributed by atoms with Crippen LogP contribution < -0.4 is 15.6 Å². The number of fused-ring (bicyclic) bond motifs is 1. The minimum absolute atomic E-state index is 0.125. The number of anilines is 2. The van der Waals surface area contributed by atoms with Crippen LogP contribution in [-0.2, 0) is 16.1 Å². The quantitative estimate of drug-likeness (QED) is 0.858. The summed E-state index contributed by atoms with van der Waals surface area (Å²) in [6.45, 7) is 1.70. The molecule has 1 atom stereocenters. The Labute approximate surface area is 168 Å². The van der Waals surface area contributed by atoms with Crippen molar-refractivity contribution in [3.05, 3.63) is 59.9 Å². The van der Waals surface area contributed by atoms with Gasteiger partial charge in [-0.2, -0.15) is 5.10 Å². The molecule has 150 valence electrons. The van der Waals surface area contributed by atoms with Gasteiger partial charge in [-0.25, -0.2) is 4.39 Å². The van der Waals surface area contributed by atoms with Gasteiger partial charge in [-0.05, 0) is 35.9 Å². The van der Waals surface area contributed by atoms with E-state index in [0.717, 1.165) is 11.3 Å². The van der Waals surface area contributed by atoms with E-state index in [2.05, 4.69) is 10.0 Å². The molecule has 0 radical (unpaired) electrons. The van der Waals surface area contributed by atoms with Gasteiger partial charge in [0.1, 0.15) is 17.6 Å². The summed E-state index contributed by atoms with van der Waals surface area (Å²) in [7, 11) is 2.00. The number of benzene rings is 2. The molecule has 2 aromatic rings. The maximum absolute atomic E-state index is 13.3. The number of nitrogens with zero attached hydrogens (tertiary/aromatic N) is 4. The van der Waals surface area contributed by atoms with Gasteiger partial charge in [-0.3, -0.25) is 14.6 Å². The Morgan fingerprint density at radius 2 is 1.83 bits per heavy atom. The van der Waals surface area contributed by atoms with Gasteiger partial charge in [0.15, 0.2) is 0 Å². The number of rotatable bonds is 3. The van der Waals surface area contributed by atoms with Gasteiger partial charge >= 0.3 is 0 Å². The molecular formula is C21H22FN5O2. The van der Waals surface area contributed by atoms with Crippen LogP contribution in [0.15, 0.2) is 53.6 Å². The molecule has 0 aliphatic carbocycles. The van der Waals surface area contributed by atoms with Crippen molar-refractivity contribution in [2.75, 3.05) is 30.0 Å². The fraction of sp³-hybridized carbons (Fsp3) is 0.286. The van der Waals surface area contributed by atoms with Crippen LogP contribution in [0.1, 0.15) is 12.0 Å². The zero-order valence-corrected chi connectivity index (χ0v) is 16.1. The molecule has 29 heavy (non-hydrogen) atoms. The summed E-state index contributed by atoms with van der Waals surface area (Å²) in [5.41, 5.74) is 8.49. The number of hydrogen-bond donors (Lipinski definition) is 1. The Hall–Kier alpha value is -3.42. The summed E-state index contributed by atoms with van der Waals surface area (Å²) in [6, 6.07) is 12.8. The minimum atomic E-state index is -0.777. The van der Waals surface area contributed by atoms with Crippen molar-refractivity contribution in [1.82, 2.24) is 4.90 Å². The smallest absolute Gasteiger partial charge is 0.270 e. The molecule has 0 aromatic heterocycles. The van der Waals surface area contributed by atoms with Gasteiger partial charge in [0.2, 0.25) is 5.91 Å². The summed E-state index contributed by atoms with van der Waals surface area (Å²) in [5.74, 6) is -1.19. The lowest BCUT2D eigenvalue weighted by atomic mass is 10.1. The van der Waals surface area contributed by atoms with Crippen molar-refractivity contribution in [2.24, 2.45) is 10.8 Å². The van der Waals surface area contributed by atoms with E-state index in [0.29, 0.717) is 25.3 Å². The number of amides is 2. The molecular weight excluding hydrogens is 373 g/mol. The van der Waals surface area contributed by atoms with Crippen molar-refractivity contribution in [1.29, 1.82) is 0 Å². The summed E-state index contributed by atoms with van der Waals surface area (Å²) in [5, 5.41) is 5.80. The Morgan fingerprint density at radius 1 is 1.10 bits per heavy atom. The molecule has 1 unspecified atom stereocenters. The first-order chi connectivity index (χ1) is 13.9. The molecule has 0 spiro atoms. The topological polar surface area (TPSA) is 82.2 Å². The lowest BCUT2D eigenvalue weighted by molar-refractivity contribution is -0.124. The monoisotopic (exact) mass is 395 g/mol. The van der Waals surface area contributed by atoms with Gasteiger partial charge in [0, 0.05) is 38.8 Å². The molecule has 4 rings (SSSR count). The molecule has 0 bridgehead atoms. The summed E-state index contributed by atoms with van der Waals surface area (Å²) in [4.78, 5) is 29.0. The predicted octanol–water partition coefficient (Wildman–Crippen LogP) is 1.72. The highest BCUT2D eigenvalue weighted by Gasteiger charge is 2.37. The largest absolute Gasteiger partial charge is 0.373 e. The van der Waals surface area contributed by atoms with Crippen molar-refractivity contribution in [3.8, 4) is 0 Å². The molecule has 2 amide bonds. The number of hydrazone groups is 1. The molecule has 0 saturated heterocycles. The van der Waals surface area contributed by atoms with Crippen molar-refractivity contribution < 1.29 is 14.0 Å². The highest BCUT2D eigenvalue weighted by atomic mass is 19.1. The number of para-hydroxylation sites is 1. The Morgan fingerprint density at radius 3 is 2.55 bits per heavy atom. The maximum atomic E-state index is 13.3. The normalized spacial score (nSPS) is 18.9. The summed E-state index contributed by atoms with van der Waals surface area (Å²) < 4.78 is 13.3. The molecule has 2 aliphatic heterocycles. The minimum Gasteiger partial charge on any atom is -0.373 e. The average Bonchev–Trinajstić information content (AvgIpc) is 3.09. The lowest BCUT2D eigenvalue weighted by Gasteiger charge is -2.20. The Balaban J connectivity index is 1.60. The van der Waals surface area contributed by atoms with Gasteiger partial charge < -0.3 is 15.5 Å². The molecule has 2 N–H and O–H groups in total. The van der Waals surface area contributed by atoms with Gasteiger partial charge in [0.25, 0.3) is 5.91 Å². The number of likely N-dealkylation sites (N-methyl/N-ethyl adjacent to an activating group) is 1. The fourth-order valence-electron chi connectivity index (χ4n) is 3.74. The standard InChI is InChI=1S/C21H22FN5O2/c1-25-10-11-26(13-14-4-2-3-5-18(14)25)21(29)17-12-19(20(23)28)27(24-17)16-8-6-15(22)7-9-16/h2-9,19H,10-13H2,1H3,(H2,23,28). The van der Waals surface area contributed by atoms with E-state index in [4.69, 9.17) is 5.73 Å². The summed E-state index contributed by atoms with van der Waals surface area (Å²) >= 11 is 0. The van der Waals surface area contributed by atoms with E-state index in [-0.39, 0.29) is 18.0 Å². The third-order valence-corrected chi connectivity index (χ3v) is 5.33. The van der Waals surface area contributed by atoms with Crippen molar-refractivity contribution >= 4 is 28.9 Å². The van der Waals surface area contributed by atoms with Crippen LogP contribution in [0, 0.1) is 5.82 Å². The second-order valence-corrected chi connectivity index (χ2v) is 7.27. The van der Waals surface area contributed by atoms with Gasteiger partial charge in [-0.15, -0.1) is 0 Å². The zero-order chi connectivity index (χ0) is 20.5. The highest BCUT2D eigenvalue weighted by molar-refractivity contribution is 6.40. The molecule has 2 aromatic carbocycles. The first kappa shape index (κ1) is 18.9. The van der Waals surface area contributed by atoms with E-state index in [1.165, 1.54) is 29.3 Å². The van der Waals surface area contributed by atoms with E-state index >= 15 is 0 Å².